The molecule has 6 heteroatoms. The van der Waals surface area contributed by atoms with Crippen molar-refractivity contribution in [1.82, 2.24) is 20.0 Å². The Kier molecular flexibility index (Phi) is 3.90. The van der Waals surface area contributed by atoms with E-state index in [1.807, 2.05) is 24.3 Å². The van der Waals surface area contributed by atoms with Gasteiger partial charge in [0.15, 0.2) is 0 Å². The monoisotopic (exact) mass is 310 g/mol. The molecule has 1 aliphatic rings. The minimum absolute atomic E-state index is 0.145. The molecule has 0 bridgehead atoms. The summed E-state index contributed by atoms with van der Waals surface area (Å²) in [6, 6.07) is 7.87. The molecular weight excluding hydrogens is 292 g/mol. The maximum absolute atomic E-state index is 5.55. The molecule has 23 heavy (non-hydrogen) atoms. The largest absolute Gasteiger partial charge is 0.468 e. The van der Waals surface area contributed by atoms with E-state index in [1.165, 1.54) is 12.8 Å². The number of piperidine rings is 1. The van der Waals surface area contributed by atoms with E-state index in [1.54, 1.807) is 18.7 Å². The van der Waals surface area contributed by atoms with Crippen molar-refractivity contribution in [2.75, 3.05) is 6.54 Å². The van der Waals surface area contributed by atoms with E-state index >= 15 is 0 Å². The van der Waals surface area contributed by atoms with Crippen molar-refractivity contribution in [1.29, 1.82) is 0 Å². The molecule has 1 atom stereocenters. The van der Waals surface area contributed by atoms with Crippen molar-refractivity contribution >= 4 is 0 Å². The number of aromatic nitrogens is 3. The Balaban J connectivity index is 1.56. The molecule has 0 spiro atoms. The van der Waals surface area contributed by atoms with Crippen LogP contribution in [-0.2, 0) is 6.54 Å². The third kappa shape index (κ3) is 3.03. The average molecular weight is 310 g/mol. The van der Waals surface area contributed by atoms with E-state index in [-0.39, 0.29) is 6.04 Å². The summed E-state index contributed by atoms with van der Waals surface area (Å²) in [5.74, 6) is 2.23. The zero-order valence-electron chi connectivity index (χ0n) is 12.8. The van der Waals surface area contributed by atoms with Crippen LogP contribution >= 0.6 is 0 Å². The highest BCUT2D eigenvalue weighted by Crippen LogP contribution is 2.32. The van der Waals surface area contributed by atoms with Crippen LogP contribution in [0.25, 0.3) is 11.4 Å². The highest BCUT2D eigenvalue weighted by atomic mass is 16.5. The quantitative estimate of drug-likeness (QED) is 0.735. The lowest BCUT2D eigenvalue weighted by atomic mass is 10.0. The molecule has 3 aromatic heterocycles. The van der Waals surface area contributed by atoms with Crippen LogP contribution in [0.2, 0.25) is 0 Å². The van der Waals surface area contributed by atoms with Crippen LogP contribution in [0, 0.1) is 0 Å². The zero-order valence-corrected chi connectivity index (χ0v) is 12.8. The van der Waals surface area contributed by atoms with Gasteiger partial charge in [-0.15, -0.1) is 0 Å². The van der Waals surface area contributed by atoms with E-state index < -0.39 is 0 Å². The molecule has 0 aromatic carbocycles. The summed E-state index contributed by atoms with van der Waals surface area (Å²) in [7, 11) is 0. The molecule has 4 heterocycles. The molecule has 6 nitrogen and oxygen atoms in total. The lowest BCUT2D eigenvalue weighted by Gasteiger charge is -2.32. The lowest BCUT2D eigenvalue weighted by molar-refractivity contribution is 0.103. The second-order valence-corrected chi connectivity index (χ2v) is 5.76. The van der Waals surface area contributed by atoms with Gasteiger partial charge in [-0.3, -0.25) is 9.88 Å². The molecule has 0 saturated carbocycles. The molecular formula is C17H18N4O2. The van der Waals surface area contributed by atoms with Gasteiger partial charge in [-0.1, -0.05) is 11.6 Å². The van der Waals surface area contributed by atoms with Gasteiger partial charge in [0.25, 0.3) is 0 Å². The maximum Gasteiger partial charge on any atom is 0.244 e. The van der Waals surface area contributed by atoms with Crippen molar-refractivity contribution in [3.8, 4) is 11.4 Å². The Morgan fingerprint density at radius 1 is 1.22 bits per heavy atom. The van der Waals surface area contributed by atoms with E-state index in [4.69, 9.17) is 8.94 Å². The van der Waals surface area contributed by atoms with Crippen molar-refractivity contribution < 1.29 is 8.94 Å². The minimum Gasteiger partial charge on any atom is -0.468 e. The van der Waals surface area contributed by atoms with Gasteiger partial charge >= 0.3 is 0 Å². The summed E-state index contributed by atoms with van der Waals surface area (Å²) in [5, 5.41) is 4.12. The topological polar surface area (TPSA) is 68.2 Å². The SMILES string of the molecule is c1cncc(-c2noc(C3CCCCN3Cc3ccco3)n2)c1. The summed E-state index contributed by atoms with van der Waals surface area (Å²) < 4.78 is 11.0. The predicted octanol–water partition coefficient (Wildman–Crippen LogP) is 3.45. The summed E-state index contributed by atoms with van der Waals surface area (Å²) in [5.41, 5.74) is 0.871. The number of pyridine rings is 1. The number of hydrogen-bond donors (Lipinski definition) is 0. The van der Waals surface area contributed by atoms with Gasteiger partial charge in [0.2, 0.25) is 11.7 Å². The second kappa shape index (κ2) is 6.34. The van der Waals surface area contributed by atoms with Crippen LogP contribution in [0.4, 0.5) is 0 Å². The standard InChI is InChI=1S/C17H18N4O2/c1-2-9-21(12-14-6-4-10-22-14)15(7-1)17-19-16(20-23-17)13-5-3-8-18-11-13/h3-6,8,10-11,15H,1-2,7,9,12H2. The van der Waals surface area contributed by atoms with Gasteiger partial charge in [-0.05, 0) is 43.7 Å². The second-order valence-electron chi connectivity index (χ2n) is 5.76. The van der Waals surface area contributed by atoms with Crippen LogP contribution < -0.4 is 0 Å². The van der Waals surface area contributed by atoms with E-state index in [0.29, 0.717) is 11.7 Å². The number of nitrogens with zero attached hydrogens (tertiary/aromatic N) is 4. The smallest absolute Gasteiger partial charge is 0.244 e. The Morgan fingerprint density at radius 3 is 3.04 bits per heavy atom. The molecule has 4 rings (SSSR count). The van der Waals surface area contributed by atoms with Crippen molar-refractivity contribution in [3.63, 3.8) is 0 Å². The van der Waals surface area contributed by atoms with Crippen LogP contribution in [0.3, 0.4) is 0 Å². The third-order valence-corrected chi connectivity index (χ3v) is 4.20. The summed E-state index contributed by atoms with van der Waals surface area (Å²) >= 11 is 0. The molecule has 1 saturated heterocycles. The lowest BCUT2D eigenvalue weighted by Crippen LogP contribution is -2.33. The minimum atomic E-state index is 0.145. The Morgan fingerprint density at radius 2 is 2.22 bits per heavy atom. The number of furan rings is 1. The van der Waals surface area contributed by atoms with Crippen LogP contribution in [0.15, 0.2) is 51.9 Å². The van der Waals surface area contributed by atoms with Gasteiger partial charge in [0.05, 0.1) is 18.8 Å². The van der Waals surface area contributed by atoms with E-state index in [0.717, 1.165) is 30.8 Å². The van der Waals surface area contributed by atoms with E-state index in [2.05, 4.69) is 20.0 Å². The molecule has 0 N–H and O–H groups in total. The van der Waals surface area contributed by atoms with E-state index in [9.17, 15) is 0 Å². The van der Waals surface area contributed by atoms with Crippen LogP contribution in [0.5, 0.6) is 0 Å². The maximum atomic E-state index is 5.55. The molecule has 1 fully saturated rings. The van der Waals surface area contributed by atoms with Gasteiger partial charge in [-0.25, -0.2) is 0 Å². The highest BCUT2D eigenvalue weighted by Gasteiger charge is 2.29. The van der Waals surface area contributed by atoms with Crippen molar-refractivity contribution in [3.05, 3.63) is 54.6 Å². The molecule has 0 aliphatic carbocycles. The summed E-state index contributed by atoms with van der Waals surface area (Å²) in [4.78, 5) is 11.0. The molecule has 0 radical (unpaired) electrons. The predicted molar refractivity (Wildman–Crippen MR) is 83.2 cm³/mol. The first-order valence-corrected chi connectivity index (χ1v) is 7.90. The Labute approximate surface area is 134 Å². The number of likely N-dealkylation sites (tertiary alicyclic amines) is 1. The third-order valence-electron chi connectivity index (χ3n) is 4.20. The average Bonchev–Trinajstić information content (AvgIpc) is 3.28. The summed E-state index contributed by atoms with van der Waals surface area (Å²) in [6.45, 7) is 1.78. The molecule has 1 aliphatic heterocycles. The van der Waals surface area contributed by atoms with Gasteiger partial charge in [0.1, 0.15) is 5.76 Å². The molecule has 118 valence electrons. The van der Waals surface area contributed by atoms with Crippen LogP contribution in [-0.4, -0.2) is 26.6 Å². The first kappa shape index (κ1) is 14.1. The fourth-order valence-corrected chi connectivity index (χ4v) is 3.05. The highest BCUT2D eigenvalue weighted by molar-refractivity contribution is 5.51. The fraction of sp³-hybridized carbons (Fsp3) is 0.353. The van der Waals surface area contributed by atoms with Crippen molar-refractivity contribution in [2.45, 2.75) is 31.8 Å². The van der Waals surface area contributed by atoms with Gasteiger partial charge in [0, 0.05) is 18.0 Å². The molecule has 3 aromatic rings. The molecule has 1 unspecified atom stereocenters. The first-order valence-electron chi connectivity index (χ1n) is 7.90. The van der Waals surface area contributed by atoms with Gasteiger partial charge < -0.3 is 8.94 Å². The van der Waals surface area contributed by atoms with Gasteiger partial charge in [-0.2, -0.15) is 4.98 Å². The molecule has 0 amide bonds. The zero-order chi connectivity index (χ0) is 15.5. The fourth-order valence-electron chi connectivity index (χ4n) is 3.05. The number of rotatable bonds is 4. The normalized spacial score (nSPS) is 19.0. The van der Waals surface area contributed by atoms with Crippen LogP contribution in [0.1, 0.15) is 37.0 Å². The van der Waals surface area contributed by atoms with Crippen molar-refractivity contribution in [2.24, 2.45) is 0 Å². The summed E-state index contributed by atoms with van der Waals surface area (Å²) in [6.07, 6.45) is 8.56. The number of hydrogen-bond acceptors (Lipinski definition) is 6. The first-order chi connectivity index (χ1) is 11.4. The Bertz CT molecular complexity index is 739. The Hall–Kier alpha value is -2.47.